The normalized spacial score (nSPS) is 10.3. The van der Waals surface area contributed by atoms with Gasteiger partial charge >= 0.3 is 5.97 Å². The molecular formula is C14H20ClNO3. The zero-order chi connectivity index (χ0) is 14.1. The third-order valence-corrected chi connectivity index (χ3v) is 2.84. The number of nitrogens with zero attached hydrogens (tertiary/aromatic N) is 1. The number of ether oxygens (including phenoxy) is 2. The highest BCUT2D eigenvalue weighted by atomic mass is 35.5. The molecule has 0 unspecified atom stereocenters. The van der Waals surface area contributed by atoms with Gasteiger partial charge in [-0.25, -0.2) is 9.78 Å². The number of unbranched alkanes of at least 4 members (excludes halogenated alkanes) is 2. The first-order valence-corrected chi connectivity index (χ1v) is 7.02. The molecule has 4 nitrogen and oxygen atoms in total. The van der Waals surface area contributed by atoms with Crippen LogP contribution in [0.25, 0.3) is 0 Å². The van der Waals surface area contributed by atoms with Crippen molar-refractivity contribution >= 4 is 17.6 Å². The largest absolute Gasteiger partial charge is 0.493 e. The molecule has 0 fully saturated rings. The Labute approximate surface area is 119 Å². The zero-order valence-electron chi connectivity index (χ0n) is 11.4. The van der Waals surface area contributed by atoms with Crippen molar-refractivity contribution in [3.8, 4) is 5.75 Å². The first-order valence-electron chi connectivity index (χ1n) is 6.65. The van der Waals surface area contributed by atoms with Crippen molar-refractivity contribution < 1.29 is 14.3 Å². The van der Waals surface area contributed by atoms with E-state index in [4.69, 9.17) is 21.1 Å². The third kappa shape index (κ3) is 5.07. The highest BCUT2D eigenvalue weighted by Crippen LogP contribution is 2.25. The molecule has 0 bridgehead atoms. The fourth-order valence-corrected chi connectivity index (χ4v) is 1.66. The molecule has 0 atom stereocenters. The summed E-state index contributed by atoms with van der Waals surface area (Å²) in [5.41, 5.74) is 0.219. The van der Waals surface area contributed by atoms with E-state index < -0.39 is 5.97 Å². The molecule has 0 aliphatic heterocycles. The number of carbonyl (C=O) groups excluding carboxylic acids is 1. The van der Waals surface area contributed by atoms with Crippen molar-refractivity contribution in [2.45, 2.75) is 39.5 Å². The summed E-state index contributed by atoms with van der Waals surface area (Å²) >= 11 is 5.96. The van der Waals surface area contributed by atoms with Gasteiger partial charge in [0, 0.05) is 6.20 Å². The van der Waals surface area contributed by atoms with E-state index in [1.165, 1.54) is 6.20 Å². The first-order chi connectivity index (χ1) is 9.20. The number of hydrogen-bond acceptors (Lipinski definition) is 4. The molecule has 0 aromatic carbocycles. The Morgan fingerprint density at radius 1 is 1.26 bits per heavy atom. The molecule has 0 aliphatic rings. The van der Waals surface area contributed by atoms with Crippen LogP contribution < -0.4 is 4.74 Å². The number of carbonyl (C=O) groups is 1. The van der Waals surface area contributed by atoms with Gasteiger partial charge in [-0.2, -0.15) is 0 Å². The van der Waals surface area contributed by atoms with Crippen molar-refractivity contribution in [3.05, 3.63) is 23.0 Å². The number of hydrogen-bond donors (Lipinski definition) is 0. The average Bonchev–Trinajstić information content (AvgIpc) is 2.39. The minimum absolute atomic E-state index is 0.121. The maximum absolute atomic E-state index is 12.0. The molecule has 1 aromatic heterocycles. The molecule has 1 aromatic rings. The van der Waals surface area contributed by atoms with E-state index in [1.807, 2.05) is 6.92 Å². The molecule has 1 heterocycles. The van der Waals surface area contributed by atoms with Crippen molar-refractivity contribution in [3.63, 3.8) is 0 Å². The number of pyridine rings is 1. The van der Waals surface area contributed by atoms with E-state index >= 15 is 0 Å². The van der Waals surface area contributed by atoms with Crippen molar-refractivity contribution in [1.82, 2.24) is 4.98 Å². The van der Waals surface area contributed by atoms with Crippen LogP contribution in [0.1, 0.15) is 49.9 Å². The van der Waals surface area contributed by atoms with Crippen LogP contribution in [0.15, 0.2) is 12.3 Å². The van der Waals surface area contributed by atoms with E-state index in [9.17, 15) is 4.79 Å². The van der Waals surface area contributed by atoms with Gasteiger partial charge in [0.15, 0.2) is 0 Å². The Morgan fingerprint density at radius 3 is 2.63 bits per heavy atom. The molecule has 5 heteroatoms. The van der Waals surface area contributed by atoms with Crippen LogP contribution in [-0.4, -0.2) is 24.2 Å². The Hall–Kier alpha value is -1.29. The van der Waals surface area contributed by atoms with Gasteiger partial charge in [0.1, 0.15) is 16.5 Å². The van der Waals surface area contributed by atoms with E-state index in [1.54, 1.807) is 6.07 Å². The minimum Gasteiger partial charge on any atom is -0.493 e. The van der Waals surface area contributed by atoms with Crippen molar-refractivity contribution in [2.75, 3.05) is 13.2 Å². The topological polar surface area (TPSA) is 48.4 Å². The summed E-state index contributed by atoms with van der Waals surface area (Å²) in [6, 6.07) is 1.64. The average molecular weight is 286 g/mol. The van der Waals surface area contributed by atoms with Gasteiger partial charge in [0.2, 0.25) is 0 Å². The van der Waals surface area contributed by atoms with E-state index in [2.05, 4.69) is 11.9 Å². The molecule has 19 heavy (non-hydrogen) atoms. The second kappa shape index (κ2) is 8.75. The summed E-state index contributed by atoms with van der Waals surface area (Å²) in [4.78, 5) is 15.9. The van der Waals surface area contributed by atoms with Gasteiger partial charge in [-0.1, -0.05) is 38.3 Å². The summed E-state index contributed by atoms with van der Waals surface area (Å²) < 4.78 is 10.7. The molecule has 0 radical (unpaired) electrons. The van der Waals surface area contributed by atoms with Crippen LogP contribution in [-0.2, 0) is 4.74 Å². The number of esters is 1. The van der Waals surface area contributed by atoms with Crippen LogP contribution in [0.2, 0.25) is 5.15 Å². The zero-order valence-corrected chi connectivity index (χ0v) is 12.2. The van der Waals surface area contributed by atoms with Crippen molar-refractivity contribution in [2.24, 2.45) is 0 Å². The number of aromatic nitrogens is 1. The molecule has 0 aliphatic carbocycles. The fourth-order valence-electron chi connectivity index (χ4n) is 1.43. The maximum Gasteiger partial charge on any atom is 0.345 e. The maximum atomic E-state index is 12.0. The van der Waals surface area contributed by atoms with E-state index in [-0.39, 0.29) is 10.7 Å². The molecule has 0 saturated heterocycles. The summed E-state index contributed by atoms with van der Waals surface area (Å²) in [5.74, 6) is -0.0343. The summed E-state index contributed by atoms with van der Waals surface area (Å²) in [6.07, 6.45) is 5.26. The van der Waals surface area contributed by atoms with Gasteiger partial charge in [0.25, 0.3) is 0 Å². The van der Waals surface area contributed by atoms with Crippen molar-refractivity contribution in [1.29, 1.82) is 0 Å². The third-order valence-electron chi connectivity index (χ3n) is 2.56. The lowest BCUT2D eigenvalue weighted by molar-refractivity contribution is 0.0494. The highest BCUT2D eigenvalue weighted by Gasteiger charge is 2.19. The summed E-state index contributed by atoms with van der Waals surface area (Å²) in [5, 5.41) is 0.121. The second-order valence-electron chi connectivity index (χ2n) is 4.17. The second-order valence-corrected chi connectivity index (χ2v) is 4.52. The lowest BCUT2D eigenvalue weighted by atomic mass is 10.2. The molecule has 1 rings (SSSR count). The SMILES string of the molecule is CCCCOC(=O)c1c(OCCCC)ccnc1Cl. The lowest BCUT2D eigenvalue weighted by Crippen LogP contribution is -2.11. The number of halogens is 1. The van der Waals surface area contributed by atoms with Gasteiger partial charge in [-0.3, -0.25) is 0 Å². The van der Waals surface area contributed by atoms with Crippen LogP contribution >= 0.6 is 11.6 Å². The molecular weight excluding hydrogens is 266 g/mol. The summed E-state index contributed by atoms with van der Waals surface area (Å²) in [7, 11) is 0. The lowest BCUT2D eigenvalue weighted by Gasteiger charge is -2.11. The van der Waals surface area contributed by atoms with Gasteiger partial charge in [-0.05, 0) is 18.9 Å². The Morgan fingerprint density at radius 2 is 1.95 bits per heavy atom. The molecule has 0 amide bonds. The summed E-state index contributed by atoms with van der Waals surface area (Å²) in [6.45, 7) is 5.04. The minimum atomic E-state index is -0.474. The Balaban J connectivity index is 2.75. The van der Waals surface area contributed by atoms with Crippen LogP contribution in [0.5, 0.6) is 5.75 Å². The Kier molecular flexibility index (Phi) is 7.26. The van der Waals surface area contributed by atoms with Gasteiger partial charge in [0.05, 0.1) is 13.2 Å². The predicted octanol–water partition coefficient (Wildman–Crippen LogP) is 3.87. The Bertz CT molecular complexity index is 410. The quantitative estimate of drug-likeness (QED) is 0.413. The van der Waals surface area contributed by atoms with Crippen LogP contribution in [0.4, 0.5) is 0 Å². The van der Waals surface area contributed by atoms with Gasteiger partial charge < -0.3 is 9.47 Å². The fraction of sp³-hybridized carbons (Fsp3) is 0.571. The van der Waals surface area contributed by atoms with Gasteiger partial charge in [-0.15, -0.1) is 0 Å². The van der Waals surface area contributed by atoms with Crippen LogP contribution in [0.3, 0.4) is 0 Å². The highest BCUT2D eigenvalue weighted by molar-refractivity contribution is 6.32. The molecule has 0 spiro atoms. The van der Waals surface area contributed by atoms with E-state index in [0.29, 0.717) is 19.0 Å². The monoisotopic (exact) mass is 285 g/mol. The van der Waals surface area contributed by atoms with Crippen LogP contribution in [0, 0.1) is 0 Å². The molecule has 106 valence electrons. The first kappa shape index (κ1) is 15.8. The smallest absolute Gasteiger partial charge is 0.345 e. The predicted molar refractivity (Wildman–Crippen MR) is 74.8 cm³/mol. The molecule has 0 saturated carbocycles. The number of rotatable bonds is 8. The molecule has 0 N–H and O–H groups in total. The standard InChI is InChI=1S/C14H20ClNO3/c1-3-5-9-18-11-7-8-16-13(15)12(11)14(17)19-10-6-4-2/h7-8H,3-6,9-10H2,1-2H3. The van der Waals surface area contributed by atoms with E-state index in [0.717, 1.165) is 25.7 Å².